The van der Waals surface area contributed by atoms with Gasteiger partial charge in [0, 0.05) is 23.5 Å². The molecule has 2 rings (SSSR count). The molecule has 0 aliphatic rings. The largest absolute Gasteiger partial charge is 0.490 e. The fourth-order valence-corrected chi connectivity index (χ4v) is 3.23. The molecule has 1 heterocycles. The molecule has 16 heteroatoms. The highest BCUT2D eigenvalue weighted by atomic mass is 35.5. The molecule has 0 unspecified atom stereocenters. The lowest BCUT2D eigenvalue weighted by Crippen LogP contribution is -2.26. The minimum absolute atomic E-state index is 0.0870. The summed E-state index contributed by atoms with van der Waals surface area (Å²) >= 11 is 6.05. The summed E-state index contributed by atoms with van der Waals surface area (Å²) in [5.74, 6) is -4.05. The van der Waals surface area contributed by atoms with E-state index in [4.69, 9.17) is 37.8 Å². The molecule has 0 fully saturated rings. The van der Waals surface area contributed by atoms with Gasteiger partial charge in [-0.3, -0.25) is 10.2 Å². The van der Waals surface area contributed by atoms with Crippen molar-refractivity contribution >= 4 is 56.1 Å². The lowest BCUT2D eigenvalue weighted by molar-refractivity contribution is -0.192. The monoisotopic (exact) mass is 485 g/mol. The van der Waals surface area contributed by atoms with Gasteiger partial charge < -0.3 is 21.3 Å². The molecule has 0 bridgehead atoms. The topological polar surface area (TPSA) is 196 Å². The van der Waals surface area contributed by atoms with Gasteiger partial charge in [-0.2, -0.15) is 13.2 Å². The van der Waals surface area contributed by atoms with E-state index < -0.39 is 28.1 Å². The van der Waals surface area contributed by atoms with Crippen molar-refractivity contribution in [1.29, 1.82) is 5.41 Å². The summed E-state index contributed by atoms with van der Waals surface area (Å²) in [6.07, 6.45) is -4.06. The van der Waals surface area contributed by atoms with Gasteiger partial charge in [0.1, 0.15) is 5.82 Å². The van der Waals surface area contributed by atoms with E-state index in [0.29, 0.717) is 15.8 Å². The number of guanidine groups is 1. The molecule has 0 saturated heterocycles. The molecule has 1 aromatic carbocycles. The van der Waals surface area contributed by atoms with Crippen LogP contribution < -0.4 is 15.8 Å². The summed E-state index contributed by atoms with van der Waals surface area (Å²) in [5.41, 5.74) is 5.28. The highest BCUT2D eigenvalue weighted by molar-refractivity contribution is 7.89. The van der Waals surface area contributed by atoms with Crippen molar-refractivity contribution < 1.29 is 41.4 Å². The minimum atomic E-state index is -5.08. The second-order valence-electron chi connectivity index (χ2n) is 5.55. The van der Waals surface area contributed by atoms with Gasteiger partial charge in [0.05, 0.1) is 16.3 Å². The van der Waals surface area contributed by atoms with Gasteiger partial charge in [-0.15, -0.1) is 0 Å². The zero-order valence-electron chi connectivity index (χ0n) is 15.2. The van der Waals surface area contributed by atoms with Crippen LogP contribution in [-0.4, -0.2) is 54.2 Å². The first-order valence-electron chi connectivity index (χ1n) is 7.86. The Labute approximate surface area is 177 Å². The molecule has 0 spiro atoms. The summed E-state index contributed by atoms with van der Waals surface area (Å²) in [4.78, 5) is 23.3. The second-order valence-corrected chi connectivity index (χ2v) is 7.72. The van der Waals surface area contributed by atoms with Crippen LogP contribution in [0, 0.1) is 5.41 Å². The molecular formula is C15H15ClF3N5O6S. The Bertz CT molecular complexity index is 1110. The Kier molecular flexibility index (Phi) is 8.54. The van der Waals surface area contributed by atoms with E-state index in [9.17, 15) is 26.4 Å². The van der Waals surface area contributed by atoms with Crippen molar-refractivity contribution in [3.8, 4) is 0 Å². The van der Waals surface area contributed by atoms with Crippen LogP contribution in [0.15, 0.2) is 29.3 Å². The minimum Gasteiger partial charge on any atom is -0.481 e. The van der Waals surface area contributed by atoms with Gasteiger partial charge >= 0.3 is 18.1 Å². The predicted octanol–water partition coefficient (Wildman–Crippen LogP) is 1.58. The lowest BCUT2D eigenvalue weighted by atomic mass is 10.1. The van der Waals surface area contributed by atoms with Crippen molar-refractivity contribution in [1.82, 2.24) is 9.71 Å². The third-order valence-electron chi connectivity index (χ3n) is 3.25. The molecule has 170 valence electrons. The van der Waals surface area contributed by atoms with Crippen molar-refractivity contribution in [2.45, 2.75) is 17.5 Å². The maximum absolute atomic E-state index is 12.2. The van der Waals surface area contributed by atoms with Crippen LogP contribution >= 0.6 is 11.6 Å². The summed E-state index contributed by atoms with van der Waals surface area (Å²) in [6.45, 7) is -0.234. The standard InChI is InChI=1S/C13H14ClN5O4S.C2HF3O2/c14-10-6-17-12(19-13(15)16)9-5-7(1-2-8(9)10)24(22,23)18-4-3-11(20)21;3-2(4,5)1(6)7/h1-2,5-6,18H,3-4H2,(H,20,21)(H4,15,16,17,19);(H,6,7). The maximum Gasteiger partial charge on any atom is 0.490 e. The van der Waals surface area contributed by atoms with Gasteiger partial charge in [-0.25, -0.2) is 22.9 Å². The molecule has 31 heavy (non-hydrogen) atoms. The third-order valence-corrected chi connectivity index (χ3v) is 5.01. The molecule has 1 aromatic heterocycles. The average molecular weight is 486 g/mol. The number of fused-ring (bicyclic) bond motifs is 1. The first kappa shape index (κ1) is 25.9. The SMILES string of the molecule is N=C(N)Nc1ncc(Cl)c2ccc(S(=O)(=O)NCCC(=O)O)cc12.O=C(O)C(F)(F)F. The first-order chi connectivity index (χ1) is 14.1. The molecule has 0 atom stereocenters. The van der Waals surface area contributed by atoms with Crippen LogP contribution in [0.4, 0.5) is 19.0 Å². The summed E-state index contributed by atoms with van der Waals surface area (Å²) < 4.78 is 58.4. The van der Waals surface area contributed by atoms with Crippen molar-refractivity contribution in [3.05, 3.63) is 29.4 Å². The number of aromatic nitrogens is 1. The average Bonchev–Trinajstić information content (AvgIpc) is 2.62. The Hall–Kier alpha value is -3.17. The van der Waals surface area contributed by atoms with E-state index >= 15 is 0 Å². The van der Waals surface area contributed by atoms with Gasteiger partial charge in [-0.1, -0.05) is 17.7 Å². The molecule has 0 amide bonds. The van der Waals surface area contributed by atoms with Gasteiger partial charge in [0.2, 0.25) is 10.0 Å². The number of pyridine rings is 1. The number of carbonyl (C=O) groups is 2. The number of nitrogens with two attached hydrogens (primary N) is 1. The van der Waals surface area contributed by atoms with E-state index in [1.807, 2.05) is 0 Å². The van der Waals surface area contributed by atoms with Gasteiger partial charge in [-0.05, 0) is 12.1 Å². The molecular weight excluding hydrogens is 471 g/mol. The number of carboxylic acid groups (broad SMARTS) is 2. The fourth-order valence-electron chi connectivity index (χ4n) is 1.96. The second kappa shape index (κ2) is 10.2. The molecule has 0 saturated carbocycles. The zero-order valence-corrected chi connectivity index (χ0v) is 16.8. The van der Waals surface area contributed by atoms with Crippen LogP contribution in [0.5, 0.6) is 0 Å². The van der Waals surface area contributed by atoms with Crippen LogP contribution in [0.3, 0.4) is 0 Å². The summed E-state index contributed by atoms with van der Waals surface area (Å²) in [5, 5.41) is 26.7. The number of carboxylic acids is 2. The Morgan fingerprint density at radius 2 is 1.81 bits per heavy atom. The molecule has 11 nitrogen and oxygen atoms in total. The Morgan fingerprint density at radius 1 is 1.23 bits per heavy atom. The smallest absolute Gasteiger partial charge is 0.481 e. The van der Waals surface area contributed by atoms with Crippen molar-refractivity contribution in [2.75, 3.05) is 11.9 Å². The summed E-state index contributed by atoms with van der Waals surface area (Å²) in [7, 11) is -3.90. The first-order valence-corrected chi connectivity index (χ1v) is 9.72. The van der Waals surface area contributed by atoms with Crippen molar-refractivity contribution in [2.24, 2.45) is 5.73 Å². The highest BCUT2D eigenvalue weighted by Gasteiger charge is 2.38. The molecule has 0 aliphatic carbocycles. The quantitative estimate of drug-likeness (QED) is 0.260. The third kappa shape index (κ3) is 7.88. The van der Waals surface area contributed by atoms with Gasteiger partial charge in [0.25, 0.3) is 0 Å². The van der Waals surface area contributed by atoms with Crippen LogP contribution in [0.1, 0.15) is 6.42 Å². The molecule has 0 radical (unpaired) electrons. The van der Waals surface area contributed by atoms with E-state index in [0.717, 1.165) is 0 Å². The number of hydrogen-bond acceptors (Lipinski definition) is 6. The molecule has 2 aromatic rings. The Balaban J connectivity index is 0.000000592. The lowest BCUT2D eigenvalue weighted by Gasteiger charge is -2.11. The fraction of sp³-hybridized carbons (Fsp3) is 0.200. The molecule has 0 aliphatic heterocycles. The number of hydrogen-bond donors (Lipinski definition) is 6. The van der Waals surface area contributed by atoms with Crippen LogP contribution in [0.25, 0.3) is 10.8 Å². The van der Waals surface area contributed by atoms with Crippen molar-refractivity contribution in [3.63, 3.8) is 0 Å². The molecule has 7 N–H and O–H groups in total. The number of halogens is 4. The highest BCUT2D eigenvalue weighted by Crippen LogP contribution is 2.29. The maximum atomic E-state index is 12.2. The van der Waals surface area contributed by atoms with Crippen LogP contribution in [-0.2, 0) is 19.6 Å². The number of benzene rings is 1. The van der Waals surface area contributed by atoms with E-state index in [-0.39, 0.29) is 29.6 Å². The Morgan fingerprint density at radius 3 is 2.29 bits per heavy atom. The van der Waals surface area contributed by atoms with Gasteiger partial charge in [0.15, 0.2) is 5.96 Å². The normalized spacial score (nSPS) is 11.4. The summed E-state index contributed by atoms with van der Waals surface area (Å²) in [6, 6.07) is 4.16. The van der Waals surface area contributed by atoms with E-state index in [1.165, 1.54) is 24.4 Å². The van der Waals surface area contributed by atoms with E-state index in [2.05, 4.69) is 15.0 Å². The number of alkyl halides is 3. The van der Waals surface area contributed by atoms with Crippen LogP contribution in [0.2, 0.25) is 5.02 Å². The number of rotatable bonds is 6. The number of nitrogens with one attached hydrogen (secondary N) is 3. The zero-order chi connectivity index (χ0) is 24.0. The predicted molar refractivity (Wildman–Crippen MR) is 103 cm³/mol. The van der Waals surface area contributed by atoms with E-state index in [1.54, 1.807) is 0 Å². The number of aliphatic carboxylic acids is 2. The number of anilines is 1. The number of sulfonamides is 1. The number of nitrogens with zero attached hydrogens (tertiary/aromatic N) is 1.